The second-order valence-corrected chi connectivity index (χ2v) is 9.39. The second kappa shape index (κ2) is 12.3. The van der Waals surface area contributed by atoms with Crippen LogP contribution < -0.4 is 15.0 Å². The van der Waals surface area contributed by atoms with E-state index in [0.29, 0.717) is 35.1 Å². The Bertz CT molecular complexity index is 1260. The smallest absolute Gasteiger partial charge is 0.293 e. The summed E-state index contributed by atoms with van der Waals surface area (Å²) in [4.78, 5) is 24.4. The van der Waals surface area contributed by atoms with E-state index in [1.165, 1.54) is 6.07 Å². The molecule has 0 unspecified atom stereocenters. The Hall–Kier alpha value is -4.05. The molecule has 0 fully saturated rings. The van der Waals surface area contributed by atoms with Gasteiger partial charge >= 0.3 is 0 Å². The highest BCUT2D eigenvalue weighted by molar-refractivity contribution is 6.12. The molecule has 1 heterocycles. The van der Waals surface area contributed by atoms with E-state index in [-0.39, 0.29) is 28.8 Å². The van der Waals surface area contributed by atoms with Crippen molar-refractivity contribution in [3.05, 3.63) is 81.4 Å². The van der Waals surface area contributed by atoms with Crippen LogP contribution in [-0.2, 0) is 6.42 Å². The standard InChI is InChI=1S/C27H35N7O3/c1-18(2)30-21-10-8-7-9-20(21)27(28)22-11-12-29-26(31-22)16-19-15-24(34(35)36)23(17-25(19)37-6)33(5)14-13-32(3)4/h7-12,15,17-18,28,30H,13-14,16H2,1-6H3. The molecule has 0 saturated carbocycles. The zero-order valence-corrected chi connectivity index (χ0v) is 22.3. The average Bonchev–Trinajstić information content (AvgIpc) is 2.86. The number of hydrogen-bond donors (Lipinski definition) is 2. The number of benzene rings is 2. The molecule has 2 N–H and O–H groups in total. The highest BCUT2D eigenvalue weighted by Crippen LogP contribution is 2.35. The molecule has 1 aromatic heterocycles. The Morgan fingerprint density at radius 1 is 1.16 bits per heavy atom. The SMILES string of the molecule is COc1cc(N(C)CCN(C)C)c([N+](=O)[O-])cc1Cc1nccc(C(=N)c2ccccc2NC(C)C)n1. The van der Waals surface area contributed by atoms with Gasteiger partial charge in [0.2, 0.25) is 0 Å². The van der Waals surface area contributed by atoms with E-state index < -0.39 is 0 Å². The summed E-state index contributed by atoms with van der Waals surface area (Å²) < 4.78 is 5.60. The molecular formula is C27H35N7O3. The fourth-order valence-corrected chi connectivity index (χ4v) is 3.92. The Kier molecular flexibility index (Phi) is 9.13. The molecule has 3 rings (SSSR count). The summed E-state index contributed by atoms with van der Waals surface area (Å²) >= 11 is 0. The van der Waals surface area contributed by atoms with Crippen LogP contribution >= 0.6 is 0 Å². The lowest BCUT2D eigenvalue weighted by Gasteiger charge is -2.22. The summed E-state index contributed by atoms with van der Waals surface area (Å²) in [5, 5.41) is 24.1. The van der Waals surface area contributed by atoms with Gasteiger partial charge in [-0.3, -0.25) is 15.5 Å². The lowest BCUT2D eigenvalue weighted by Crippen LogP contribution is -2.29. The number of nitro groups is 1. The first-order valence-electron chi connectivity index (χ1n) is 12.1. The van der Waals surface area contributed by atoms with Crippen LogP contribution in [-0.4, -0.2) is 72.9 Å². The molecule has 196 valence electrons. The Morgan fingerprint density at radius 2 is 1.89 bits per heavy atom. The lowest BCUT2D eigenvalue weighted by molar-refractivity contribution is -0.384. The van der Waals surface area contributed by atoms with E-state index >= 15 is 0 Å². The average molecular weight is 506 g/mol. The normalized spacial score (nSPS) is 11.0. The van der Waals surface area contributed by atoms with Gasteiger partial charge in [-0.05, 0) is 40.1 Å². The molecule has 10 heteroatoms. The Morgan fingerprint density at radius 3 is 2.54 bits per heavy atom. The van der Waals surface area contributed by atoms with Gasteiger partial charge in [0.05, 0.1) is 23.4 Å². The van der Waals surface area contributed by atoms with Crippen molar-refractivity contribution in [3.63, 3.8) is 0 Å². The minimum absolute atomic E-state index is 0.00496. The van der Waals surface area contributed by atoms with Crippen LogP contribution in [0.3, 0.4) is 0 Å². The van der Waals surface area contributed by atoms with Crippen LogP contribution in [0.5, 0.6) is 5.75 Å². The maximum absolute atomic E-state index is 11.9. The van der Waals surface area contributed by atoms with Crippen molar-refractivity contribution in [2.24, 2.45) is 0 Å². The number of nitro benzene ring substituents is 1. The number of nitrogens with zero attached hydrogens (tertiary/aromatic N) is 5. The van der Waals surface area contributed by atoms with Crippen molar-refractivity contribution in [1.82, 2.24) is 14.9 Å². The number of ether oxygens (including phenoxy) is 1. The molecule has 0 radical (unpaired) electrons. The summed E-state index contributed by atoms with van der Waals surface area (Å²) in [7, 11) is 7.29. The molecule has 0 aliphatic rings. The summed E-state index contributed by atoms with van der Waals surface area (Å²) in [6, 6.07) is 12.8. The third-order valence-corrected chi connectivity index (χ3v) is 5.82. The molecule has 0 bridgehead atoms. The molecule has 37 heavy (non-hydrogen) atoms. The van der Waals surface area contributed by atoms with Gasteiger partial charge in [-0.25, -0.2) is 9.97 Å². The molecule has 0 spiro atoms. The number of nitrogens with one attached hydrogen (secondary N) is 2. The Balaban J connectivity index is 1.94. The number of likely N-dealkylation sites (N-methyl/N-ethyl adjacent to an activating group) is 2. The van der Waals surface area contributed by atoms with E-state index in [1.807, 2.05) is 69.1 Å². The number of hydrogen-bond acceptors (Lipinski definition) is 9. The van der Waals surface area contributed by atoms with E-state index in [0.717, 1.165) is 17.8 Å². The van der Waals surface area contributed by atoms with E-state index in [4.69, 9.17) is 10.1 Å². The summed E-state index contributed by atoms with van der Waals surface area (Å²) in [6.07, 6.45) is 1.83. The fraction of sp³-hybridized carbons (Fsp3) is 0.370. The highest BCUT2D eigenvalue weighted by atomic mass is 16.6. The monoisotopic (exact) mass is 505 g/mol. The van der Waals surface area contributed by atoms with Crippen molar-refractivity contribution >= 4 is 22.8 Å². The van der Waals surface area contributed by atoms with Gasteiger partial charge < -0.3 is 19.9 Å². The third-order valence-electron chi connectivity index (χ3n) is 5.82. The van der Waals surface area contributed by atoms with Crippen molar-refractivity contribution in [2.75, 3.05) is 51.6 Å². The van der Waals surface area contributed by atoms with Crippen molar-refractivity contribution in [1.29, 1.82) is 5.41 Å². The van der Waals surface area contributed by atoms with E-state index in [9.17, 15) is 10.1 Å². The second-order valence-electron chi connectivity index (χ2n) is 9.39. The maximum atomic E-state index is 11.9. The van der Waals surface area contributed by atoms with Gasteiger partial charge in [-0.1, -0.05) is 18.2 Å². The molecule has 10 nitrogen and oxygen atoms in total. The van der Waals surface area contributed by atoms with Crippen LogP contribution in [0.2, 0.25) is 0 Å². The first-order valence-corrected chi connectivity index (χ1v) is 12.1. The van der Waals surface area contributed by atoms with Gasteiger partial charge in [0.1, 0.15) is 17.3 Å². The van der Waals surface area contributed by atoms with Gasteiger partial charge in [-0.15, -0.1) is 0 Å². The number of rotatable bonds is 12. The van der Waals surface area contributed by atoms with Gasteiger partial charge in [0.15, 0.2) is 0 Å². The van der Waals surface area contributed by atoms with E-state index in [1.54, 1.807) is 25.4 Å². The van der Waals surface area contributed by atoms with Crippen molar-refractivity contribution in [3.8, 4) is 5.75 Å². The van der Waals surface area contributed by atoms with Gasteiger partial charge in [0, 0.05) is 67.7 Å². The third kappa shape index (κ3) is 7.01. The molecule has 2 aromatic carbocycles. The zero-order valence-electron chi connectivity index (χ0n) is 22.3. The predicted octanol–water partition coefficient (Wildman–Crippen LogP) is 4.22. The molecule has 0 aliphatic heterocycles. The molecule has 0 aliphatic carbocycles. The Labute approximate surface area is 218 Å². The number of anilines is 2. The number of aromatic nitrogens is 2. The predicted molar refractivity (Wildman–Crippen MR) is 147 cm³/mol. The largest absolute Gasteiger partial charge is 0.496 e. The lowest BCUT2D eigenvalue weighted by atomic mass is 10.0. The van der Waals surface area contributed by atoms with Crippen LogP contribution in [0.25, 0.3) is 0 Å². The summed E-state index contributed by atoms with van der Waals surface area (Å²) in [5.41, 5.74) is 3.41. The molecule has 0 amide bonds. The highest BCUT2D eigenvalue weighted by Gasteiger charge is 2.23. The minimum Gasteiger partial charge on any atom is -0.496 e. The van der Waals surface area contributed by atoms with Crippen LogP contribution in [0.1, 0.15) is 36.5 Å². The zero-order chi connectivity index (χ0) is 27.1. The minimum atomic E-state index is -0.379. The maximum Gasteiger partial charge on any atom is 0.293 e. The summed E-state index contributed by atoms with van der Waals surface area (Å²) in [6.45, 7) is 5.46. The number of para-hydroxylation sites is 1. The van der Waals surface area contributed by atoms with Crippen LogP contribution in [0.15, 0.2) is 48.7 Å². The van der Waals surface area contributed by atoms with Crippen LogP contribution in [0, 0.1) is 15.5 Å². The molecular weight excluding hydrogens is 470 g/mol. The van der Waals surface area contributed by atoms with Gasteiger partial charge in [-0.2, -0.15) is 0 Å². The quantitative estimate of drug-likeness (QED) is 0.213. The molecule has 0 saturated heterocycles. The van der Waals surface area contributed by atoms with Crippen molar-refractivity contribution < 1.29 is 9.66 Å². The summed E-state index contributed by atoms with van der Waals surface area (Å²) in [5.74, 6) is 0.964. The topological polar surface area (TPSA) is 121 Å². The first-order chi connectivity index (χ1) is 17.6. The fourth-order valence-electron chi connectivity index (χ4n) is 3.92. The van der Waals surface area contributed by atoms with Gasteiger partial charge in [0.25, 0.3) is 5.69 Å². The molecule has 3 aromatic rings. The van der Waals surface area contributed by atoms with E-state index in [2.05, 4.69) is 15.3 Å². The first kappa shape index (κ1) is 27.5. The van der Waals surface area contributed by atoms with Crippen molar-refractivity contribution in [2.45, 2.75) is 26.3 Å². The van der Waals surface area contributed by atoms with Crippen LogP contribution in [0.4, 0.5) is 17.1 Å². The molecule has 0 atom stereocenters. The number of methoxy groups -OCH3 is 1.